The molecule has 18 heavy (non-hydrogen) atoms. The van der Waals surface area contributed by atoms with E-state index in [1.807, 2.05) is 0 Å². The van der Waals surface area contributed by atoms with Gasteiger partial charge in [0.05, 0.1) is 0 Å². The summed E-state index contributed by atoms with van der Waals surface area (Å²) in [6, 6.07) is 0.869. The topological polar surface area (TPSA) is 15.3 Å². The Morgan fingerprint density at radius 2 is 1.83 bits per heavy atom. The maximum absolute atomic E-state index is 3.33. The molecule has 2 fully saturated rings. The minimum atomic E-state index is 0.584. The van der Waals surface area contributed by atoms with Crippen LogP contribution in [0.25, 0.3) is 0 Å². The van der Waals surface area contributed by atoms with Gasteiger partial charge in [0.25, 0.3) is 0 Å². The van der Waals surface area contributed by atoms with Crippen molar-refractivity contribution in [2.45, 2.75) is 58.9 Å². The van der Waals surface area contributed by atoms with Crippen LogP contribution in [0, 0.1) is 17.3 Å². The van der Waals surface area contributed by atoms with Gasteiger partial charge in [0.1, 0.15) is 0 Å². The molecule has 2 nitrogen and oxygen atoms in total. The Labute approximate surface area is 114 Å². The van der Waals surface area contributed by atoms with Crippen LogP contribution in [-0.4, -0.2) is 37.6 Å². The van der Waals surface area contributed by atoms with E-state index in [4.69, 9.17) is 0 Å². The summed E-state index contributed by atoms with van der Waals surface area (Å²) >= 11 is 0. The molecule has 0 radical (unpaired) electrons. The number of nitrogens with one attached hydrogen (secondary N) is 1. The molecule has 1 N–H and O–H groups in total. The molecule has 0 aromatic heterocycles. The molecule has 2 unspecified atom stereocenters. The van der Waals surface area contributed by atoms with Crippen LogP contribution in [0.3, 0.4) is 0 Å². The molecule has 2 rings (SSSR count). The molecule has 1 saturated heterocycles. The first-order valence-corrected chi connectivity index (χ1v) is 7.90. The standard InChI is InChI=1S/C16H32N2/c1-13-11-16(2,3)8-5-15(13)18-9-6-14(7-10-18)12-17-4/h13-15,17H,5-12H2,1-4H3. The SMILES string of the molecule is CNCC1CCN(C2CCC(C)(C)CC2C)CC1. The Morgan fingerprint density at radius 1 is 1.17 bits per heavy atom. The average Bonchev–Trinajstić information content (AvgIpc) is 2.30. The lowest BCUT2D eigenvalue weighted by Crippen LogP contribution is -2.48. The van der Waals surface area contributed by atoms with E-state index in [0.717, 1.165) is 17.9 Å². The highest BCUT2D eigenvalue weighted by Crippen LogP contribution is 2.41. The van der Waals surface area contributed by atoms with Gasteiger partial charge >= 0.3 is 0 Å². The van der Waals surface area contributed by atoms with Crippen LogP contribution in [0.1, 0.15) is 52.9 Å². The van der Waals surface area contributed by atoms with Crippen molar-refractivity contribution in [3.63, 3.8) is 0 Å². The van der Waals surface area contributed by atoms with Crippen LogP contribution < -0.4 is 5.32 Å². The van der Waals surface area contributed by atoms with E-state index < -0.39 is 0 Å². The summed E-state index contributed by atoms with van der Waals surface area (Å²) < 4.78 is 0. The van der Waals surface area contributed by atoms with Gasteiger partial charge in [-0.1, -0.05) is 20.8 Å². The zero-order chi connectivity index (χ0) is 13.2. The molecule has 0 bridgehead atoms. The van der Waals surface area contributed by atoms with E-state index in [9.17, 15) is 0 Å². The predicted molar refractivity (Wildman–Crippen MR) is 78.8 cm³/mol. The summed E-state index contributed by atoms with van der Waals surface area (Å²) in [7, 11) is 2.08. The molecule has 1 aliphatic carbocycles. The summed E-state index contributed by atoms with van der Waals surface area (Å²) in [4.78, 5) is 2.80. The van der Waals surface area contributed by atoms with Crippen LogP contribution in [0.4, 0.5) is 0 Å². The Bertz CT molecular complexity index is 254. The van der Waals surface area contributed by atoms with Crippen molar-refractivity contribution in [2.24, 2.45) is 17.3 Å². The first kappa shape index (κ1) is 14.3. The minimum absolute atomic E-state index is 0.584. The molecular formula is C16H32N2. The second-order valence-electron chi connectivity index (χ2n) is 7.49. The largest absolute Gasteiger partial charge is 0.319 e. The first-order chi connectivity index (χ1) is 8.52. The van der Waals surface area contributed by atoms with Crippen molar-refractivity contribution in [1.29, 1.82) is 0 Å². The highest BCUT2D eigenvalue weighted by Gasteiger charge is 2.36. The second-order valence-corrected chi connectivity index (χ2v) is 7.49. The van der Waals surface area contributed by atoms with Gasteiger partial charge in [-0.15, -0.1) is 0 Å². The third-order valence-electron chi connectivity index (χ3n) is 5.26. The number of rotatable bonds is 3. The van der Waals surface area contributed by atoms with E-state index >= 15 is 0 Å². The average molecular weight is 252 g/mol. The van der Waals surface area contributed by atoms with E-state index in [0.29, 0.717) is 5.41 Å². The lowest BCUT2D eigenvalue weighted by Gasteiger charge is -2.46. The van der Waals surface area contributed by atoms with E-state index in [1.54, 1.807) is 0 Å². The van der Waals surface area contributed by atoms with Crippen molar-refractivity contribution < 1.29 is 0 Å². The molecule has 0 spiro atoms. The van der Waals surface area contributed by atoms with Crippen LogP contribution >= 0.6 is 0 Å². The van der Waals surface area contributed by atoms with Crippen molar-refractivity contribution >= 4 is 0 Å². The second kappa shape index (κ2) is 5.92. The van der Waals surface area contributed by atoms with E-state index in [-0.39, 0.29) is 0 Å². The Balaban J connectivity index is 1.83. The van der Waals surface area contributed by atoms with Crippen molar-refractivity contribution in [3.8, 4) is 0 Å². The summed E-state index contributed by atoms with van der Waals surface area (Å²) in [5.41, 5.74) is 0.584. The quantitative estimate of drug-likeness (QED) is 0.830. The fourth-order valence-corrected chi connectivity index (χ4v) is 4.25. The van der Waals surface area contributed by atoms with Gasteiger partial charge < -0.3 is 10.2 Å². The number of hydrogen-bond acceptors (Lipinski definition) is 2. The Morgan fingerprint density at radius 3 is 2.39 bits per heavy atom. The number of hydrogen-bond donors (Lipinski definition) is 1. The van der Waals surface area contributed by atoms with Crippen LogP contribution in [0.2, 0.25) is 0 Å². The third kappa shape index (κ3) is 3.48. The van der Waals surface area contributed by atoms with Gasteiger partial charge in [-0.2, -0.15) is 0 Å². The number of nitrogens with zero attached hydrogens (tertiary/aromatic N) is 1. The van der Waals surface area contributed by atoms with Crippen LogP contribution in [0.5, 0.6) is 0 Å². The zero-order valence-electron chi connectivity index (χ0n) is 12.8. The molecule has 0 amide bonds. The van der Waals surface area contributed by atoms with Gasteiger partial charge in [0, 0.05) is 6.04 Å². The van der Waals surface area contributed by atoms with Crippen molar-refractivity contribution in [2.75, 3.05) is 26.7 Å². The molecule has 1 saturated carbocycles. The smallest absolute Gasteiger partial charge is 0.0121 e. The first-order valence-electron chi connectivity index (χ1n) is 7.90. The lowest BCUT2D eigenvalue weighted by molar-refractivity contribution is 0.0379. The van der Waals surface area contributed by atoms with Crippen LogP contribution in [0.15, 0.2) is 0 Å². The highest BCUT2D eigenvalue weighted by atomic mass is 15.2. The molecule has 0 aromatic rings. The molecular weight excluding hydrogens is 220 g/mol. The van der Waals surface area contributed by atoms with E-state index in [1.165, 1.54) is 51.7 Å². The predicted octanol–water partition coefficient (Wildman–Crippen LogP) is 3.13. The third-order valence-corrected chi connectivity index (χ3v) is 5.26. The fraction of sp³-hybridized carbons (Fsp3) is 1.00. The number of likely N-dealkylation sites (tertiary alicyclic amines) is 1. The molecule has 2 atom stereocenters. The highest BCUT2D eigenvalue weighted by molar-refractivity contribution is 4.90. The van der Waals surface area contributed by atoms with Crippen molar-refractivity contribution in [3.05, 3.63) is 0 Å². The van der Waals surface area contributed by atoms with Crippen LogP contribution in [-0.2, 0) is 0 Å². The van der Waals surface area contributed by atoms with Gasteiger partial charge in [0.15, 0.2) is 0 Å². The van der Waals surface area contributed by atoms with Gasteiger partial charge in [-0.25, -0.2) is 0 Å². The Hall–Kier alpha value is -0.0800. The van der Waals surface area contributed by atoms with E-state index in [2.05, 4.69) is 38.0 Å². The fourth-order valence-electron chi connectivity index (χ4n) is 4.25. The zero-order valence-corrected chi connectivity index (χ0v) is 12.8. The lowest BCUT2D eigenvalue weighted by atomic mass is 9.70. The van der Waals surface area contributed by atoms with Crippen molar-refractivity contribution in [1.82, 2.24) is 10.2 Å². The minimum Gasteiger partial charge on any atom is -0.319 e. The molecule has 2 aliphatic rings. The normalized spacial score (nSPS) is 34.7. The molecule has 2 heteroatoms. The Kier molecular flexibility index (Phi) is 4.71. The summed E-state index contributed by atoms with van der Waals surface area (Å²) in [6.45, 7) is 11.2. The molecule has 1 heterocycles. The summed E-state index contributed by atoms with van der Waals surface area (Å²) in [6.07, 6.45) is 7.04. The summed E-state index contributed by atoms with van der Waals surface area (Å²) in [5, 5.41) is 3.33. The monoisotopic (exact) mass is 252 g/mol. The molecule has 0 aromatic carbocycles. The maximum atomic E-state index is 3.33. The maximum Gasteiger partial charge on any atom is 0.0121 e. The number of piperidine rings is 1. The van der Waals surface area contributed by atoms with Gasteiger partial charge in [0.2, 0.25) is 0 Å². The molecule has 106 valence electrons. The van der Waals surface area contributed by atoms with Gasteiger partial charge in [-0.05, 0) is 76.0 Å². The van der Waals surface area contributed by atoms with Gasteiger partial charge in [-0.3, -0.25) is 0 Å². The summed E-state index contributed by atoms with van der Waals surface area (Å²) in [5.74, 6) is 1.80. The molecule has 1 aliphatic heterocycles.